The number of fused-ring (bicyclic) bond motifs is 3. The van der Waals surface area contributed by atoms with E-state index in [9.17, 15) is 24.6 Å². The lowest BCUT2D eigenvalue weighted by Crippen LogP contribution is -2.66. The van der Waals surface area contributed by atoms with Gasteiger partial charge in [0, 0.05) is 12.1 Å². The Morgan fingerprint density at radius 1 is 0.780 bits per heavy atom. The summed E-state index contributed by atoms with van der Waals surface area (Å²) in [4.78, 5) is 44.6. The smallest absolute Gasteiger partial charge is 0.324 e. The zero-order valence-electron chi connectivity index (χ0n) is 24.6. The molecule has 7 rings (SSSR count). The SMILES string of the molecule is O=C1O[C@@H](C2CCCCC2)[C@@H](C2CCCCC2)N2[C@@H](C3CCC(O)CC3)[C@]3(C(=O)NC4CCCCC43)[C@@H](C(=O)O)[C@H]12. The molecule has 41 heavy (non-hydrogen) atoms. The van der Waals surface area contributed by atoms with E-state index in [1.807, 2.05) is 0 Å². The van der Waals surface area contributed by atoms with E-state index >= 15 is 0 Å². The third-order valence-electron chi connectivity index (χ3n) is 12.9. The molecule has 8 atom stereocenters. The highest BCUT2D eigenvalue weighted by molar-refractivity contribution is 5.97. The van der Waals surface area contributed by atoms with Crippen molar-refractivity contribution in [3.05, 3.63) is 0 Å². The number of hydrogen-bond donors (Lipinski definition) is 3. The number of aliphatic carboxylic acids is 1. The molecule has 1 amide bonds. The third-order valence-corrected chi connectivity index (χ3v) is 12.9. The van der Waals surface area contributed by atoms with Gasteiger partial charge in [-0.15, -0.1) is 0 Å². The highest BCUT2D eigenvalue weighted by atomic mass is 16.6. The Morgan fingerprint density at radius 2 is 1.39 bits per heavy atom. The van der Waals surface area contributed by atoms with Gasteiger partial charge in [-0.25, -0.2) is 0 Å². The van der Waals surface area contributed by atoms with Crippen molar-refractivity contribution in [3.63, 3.8) is 0 Å². The molecule has 228 valence electrons. The van der Waals surface area contributed by atoms with Gasteiger partial charge in [-0.3, -0.25) is 19.3 Å². The van der Waals surface area contributed by atoms with E-state index in [4.69, 9.17) is 4.74 Å². The molecule has 3 heterocycles. The Balaban J connectivity index is 1.40. The first-order valence-electron chi connectivity index (χ1n) is 17.1. The van der Waals surface area contributed by atoms with Crippen LogP contribution in [0.25, 0.3) is 0 Å². The molecule has 2 unspecified atom stereocenters. The number of nitrogens with zero attached hydrogens (tertiary/aromatic N) is 1. The number of cyclic esters (lactones) is 1. The Bertz CT molecular complexity index is 1020. The molecule has 0 aromatic heterocycles. The number of hydrogen-bond acceptors (Lipinski definition) is 6. The Kier molecular flexibility index (Phi) is 7.62. The van der Waals surface area contributed by atoms with Crippen molar-refractivity contribution in [3.8, 4) is 0 Å². The fourth-order valence-corrected chi connectivity index (χ4v) is 11.4. The molecular weight excluding hydrogens is 520 g/mol. The van der Waals surface area contributed by atoms with Crippen molar-refractivity contribution in [1.82, 2.24) is 10.2 Å². The summed E-state index contributed by atoms with van der Waals surface area (Å²) in [5.41, 5.74) is -1.14. The molecule has 3 aliphatic heterocycles. The number of aliphatic hydroxyl groups excluding tert-OH is 1. The van der Waals surface area contributed by atoms with Gasteiger partial charge in [-0.2, -0.15) is 0 Å². The molecule has 3 N–H and O–H groups in total. The predicted molar refractivity (Wildman–Crippen MR) is 152 cm³/mol. The molecule has 7 fully saturated rings. The van der Waals surface area contributed by atoms with E-state index < -0.39 is 29.3 Å². The quantitative estimate of drug-likeness (QED) is 0.429. The van der Waals surface area contributed by atoms with E-state index in [1.54, 1.807) is 0 Å². The number of nitrogens with one attached hydrogen (secondary N) is 1. The second-order valence-electron chi connectivity index (χ2n) is 14.8. The van der Waals surface area contributed by atoms with Gasteiger partial charge in [0.15, 0.2) is 0 Å². The van der Waals surface area contributed by atoms with Crippen molar-refractivity contribution in [2.24, 2.45) is 35.0 Å². The van der Waals surface area contributed by atoms with Gasteiger partial charge in [0.2, 0.25) is 5.91 Å². The number of rotatable bonds is 4. The standard InChI is InChI=1S/C33H50N2O6/c36-22-17-15-21(16-18-22)29-33(23-13-7-8-14-24(23)34-32(33)40)25(30(37)38)27-31(39)41-28(20-11-5-2-6-12-20)26(35(27)29)19-9-3-1-4-10-19/h19-29,36H,1-18H2,(H,34,40)(H,37,38)/t21?,22?,23?,24?,25-,26-,27-,28+,29+,33-/m1/s1. The highest BCUT2D eigenvalue weighted by Gasteiger charge is 2.77. The number of amides is 1. The minimum Gasteiger partial charge on any atom is -0.481 e. The van der Waals surface area contributed by atoms with Crippen molar-refractivity contribution in [2.45, 2.75) is 152 Å². The number of carbonyl (C=O) groups is 3. The van der Waals surface area contributed by atoms with E-state index in [0.29, 0.717) is 24.7 Å². The van der Waals surface area contributed by atoms with Crippen LogP contribution in [-0.4, -0.2) is 69.3 Å². The van der Waals surface area contributed by atoms with Crippen molar-refractivity contribution < 1.29 is 29.3 Å². The topological polar surface area (TPSA) is 116 Å². The van der Waals surface area contributed by atoms with E-state index in [2.05, 4.69) is 10.2 Å². The van der Waals surface area contributed by atoms with Crippen LogP contribution in [0.4, 0.5) is 0 Å². The van der Waals surface area contributed by atoms with Crippen LogP contribution in [0, 0.1) is 35.0 Å². The summed E-state index contributed by atoms with van der Waals surface area (Å²) in [7, 11) is 0. The van der Waals surface area contributed by atoms with Crippen LogP contribution in [0.3, 0.4) is 0 Å². The first-order valence-corrected chi connectivity index (χ1v) is 17.1. The number of esters is 1. The molecule has 0 bridgehead atoms. The number of carboxylic acids is 1. The molecule has 4 saturated carbocycles. The lowest BCUT2D eigenvalue weighted by molar-refractivity contribution is -0.191. The van der Waals surface area contributed by atoms with Gasteiger partial charge < -0.3 is 20.3 Å². The average Bonchev–Trinajstić information content (AvgIpc) is 3.47. The summed E-state index contributed by atoms with van der Waals surface area (Å²) < 4.78 is 6.50. The molecule has 4 aliphatic carbocycles. The van der Waals surface area contributed by atoms with Crippen LogP contribution < -0.4 is 5.32 Å². The van der Waals surface area contributed by atoms with E-state index in [-0.39, 0.29) is 48.1 Å². The lowest BCUT2D eigenvalue weighted by atomic mass is 9.57. The Morgan fingerprint density at radius 3 is 2.05 bits per heavy atom. The van der Waals surface area contributed by atoms with E-state index in [0.717, 1.165) is 89.9 Å². The molecule has 0 radical (unpaired) electrons. The zero-order chi connectivity index (χ0) is 28.3. The second kappa shape index (κ2) is 11.1. The number of carboxylic acid groups (broad SMARTS) is 1. The number of morpholine rings is 1. The molecule has 8 heteroatoms. The fourth-order valence-electron chi connectivity index (χ4n) is 11.4. The highest BCUT2D eigenvalue weighted by Crippen LogP contribution is 2.63. The maximum atomic E-state index is 14.5. The first kappa shape index (κ1) is 28.1. The lowest BCUT2D eigenvalue weighted by Gasteiger charge is -2.54. The van der Waals surface area contributed by atoms with Crippen LogP contribution in [0.15, 0.2) is 0 Å². The van der Waals surface area contributed by atoms with Crippen molar-refractivity contribution in [2.75, 3.05) is 0 Å². The molecule has 0 aromatic carbocycles. The minimum atomic E-state index is -1.14. The minimum absolute atomic E-state index is 0.0190. The van der Waals surface area contributed by atoms with Crippen LogP contribution in [-0.2, 0) is 19.1 Å². The average molecular weight is 571 g/mol. The Labute approximate surface area is 244 Å². The first-order chi connectivity index (χ1) is 19.9. The number of aliphatic hydroxyl groups is 1. The van der Waals surface area contributed by atoms with Crippen LogP contribution in [0.1, 0.15) is 116 Å². The molecule has 7 aliphatic rings. The number of carbonyl (C=O) groups excluding carboxylic acids is 2. The molecule has 8 nitrogen and oxygen atoms in total. The summed E-state index contributed by atoms with van der Waals surface area (Å²) in [6.07, 6.45) is 17.4. The maximum absolute atomic E-state index is 14.5. The molecule has 3 saturated heterocycles. The fraction of sp³-hybridized carbons (Fsp3) is 0.909. The van der Waals surface area contributed by atoms with Gasteiger partial charge in [-0.05, 0) is 87.9 Å². The van der Waals surface area contributed by atoms with Crippen LogP contribution in [0.5, 0.6) is 0 Å². The summed E-state index contributed by atoms with van der Waals surface area (Å²) in [6.45, 7) is 0. The summed E-state index contributed by atoms with van der Waals surface area (Å²) >= 11 is 0. The zero-order valence-corrected chi connectivity index (χ0v) is 24.6. The van der Waals surface area contributed by atoms with Gasteiger partial charge in [-0.1, -0.05) is 51.4 Å². The largest absolute Gasteiger partial charge is 0.481 e. The molecule has 0 aromatic rings. The second-order valence-corrected chi connectivity index (χ2v) is 14.8. The monoisotopic (exact) mass is 570 g/mol. The predicted octanol–water partition coefficient (Wildman–Crippen LogP) is 4.42. The maximum Gasteiger partial charge on any atom is 0.324 e. The van der Waals surface area contributed by atoms with Crippen LogP contribution in [0.2, 0.25) is 0 Å². The molecule has 1 spiro atoms. The summed E-state index contributed by atoms with van der Waals surface area (Å²) in [5, 5.41) is 24.8. The van der Waals surface area contributed by atoms with Crippen LogP contribution >= 0.6 is 0 Å². The van der Waals surface area contributed by atoms with Gasteiger partial charge in [0.05, 0.1) is 23.5 Å². The van der Waals surface area contributed by atoms with Crippen molar-refractivity contribution >= 4 is 17.8 Å². The number of ether oxygens (including phenoxy) is 1. The summed E-state index contributed by atoms with van der Waals surface area (Å²) in [5.74, 6) is -2.00. The third kappa shape index (κ3) is 4.39. The van der Waals surface area contributed by atoms with Crippen molar-refractivity contribution in [1.29, 1.82) is 0 Å². The van der Waals surface area contributed by atoms with Gasteiger partial charge in [0.25, 0.3) is 0 Å². The van der Waals surface area contributed by atoms with Gasteiger partial charge >= 0.3 is 11.9 Å². The van der Waals surface area contributed by atoms with Gasteiger partial charge in [0.1, 0.15) is 12.1 Å². The summed E-state index contributed by atoms with van der Waals surface area (Å²) in [6, 6.07) is -1.27. The Hall–Kier alpha value is -1.67. The van der Waals surface area contributed by atoms with E-state index in [1.165, 1.54) is 12.8 Å². The molecular formula is C33H50N2O6. The normalized spacial score (nSPS) is 46.1.